The lowest BCUT2D eigenvalue weighted by molar-refractivity contribution is 0.192. The molecule has 1 aromatic carbocycles. The summed E-state index contributed by atoms with van der Waals surface area (Å²) in [6.07, 6.45) is 4.06. The second kappa shape index (κ2) is 5.64. The van der Waals surface area contributed by atoms with Gasteiger partial charge in [-0.2, -0.15) is 0 Å². The van der Waals surface area contributed by atoms with Crippen molar-refractivity contribution in [2.75, 3.05) is 12.3 Å². The Hall–Kier alpha value is -2.44. The van der Waals surface area contributed by atoms with Crippen LogP contribution in [0.2, 0.25) is 0 Å². The molecule has 118 valence electrons. The van der Waals surface area contributed by atoms with E-state index in [-0.39, 0.29) is 12.1 Å². The summed E-state index contributed by atoms with van der Waals surface area (Å²) in [7, 11) is 0. The number of anilines is 1. The summed E-state index contributed by atoms with van der Waals surface area (Å²) in [5.74, 6) is 0.493. The second-order valence-electron chi connectivity index (χ2n) is 6.01. The molecule has 0 bridgehead atoms. The molecule has 6 heteroatoms. The van der Waals surface area contributed by atoms with E-state index in [9.17, 15) is 5.11 Å². The number of nitrogens with zero attached hydrogens (tertiary/aromatic N) is 3. The molecule has 23 heavy (non-hydrogen) atoms. The van der Waals surface area contributed by atoms with Gasteiger partial charge in [0.2, 0.25) is 0 Å². The lowest BCUT2D eigenvalue weighted by atomic mass is 10.1. The topological polar surface area (TPSA) is 89.0 Å². The minimum atomic E-state index is -0.268. The fraction of sp³-hybridized carbons (Fsp3) is 0.294. The van der Waals surface area contributed by atoms with Crippen LogP contribution in [0, 0.1) is 0 Å². The number of hydrogen-bond acceptors (Lipinski definition) is 5. The van der Waals surface area contributed by atoms with Gasteiger partial charge in [-0.15, -0.1) is 0 Å². The number of aliphatic hydroxyl groups excluding tert-OH is 1. The van der Waals surface area contributed by atoms with Crippen molar-refractivity contribution in [3.05, 3.63) is 42.9 Å². The van der Waals surface area contributed by atoms with Crippen molar-refractivity contribution < 1.29 is 5.11 Å². The number of fused-ring (bicyclic) bond motifs is 1. The summed E-state index contributed by atoms with van der Waals surface area (Å²) < 4.78 is 2.10. The van der Waals surface area contributed by atoms with Crippen LogP contribution in [-0.4, -0.2) is 38.3 Å². The van der Waals surface area contributed by atoms with Crippen molar-refractivity contribution >= 4 is 16.9 Å². The average molecular weight is 309 g/mol. The Bertz CT molecular complexity index is 830. The van der Waals surface area contributed by atoms with Crippen molar-refractivity contribution in [1.29, 1.82) is 0 Å². The van der Waals surface area contributed by atoms with Crippen LogP contribution in [0.3, 0.4) is 0 Å². The number of rotatable bonds is 3. The van der Waals surface area contributed by atoms with Gasteiger partial charge in [-0.25, -0.2) is 9.97 Å². The third-order valence-corrected chi connectivity index (χ3v) is 4.38. The van der Waals surface area contributed by atoms with E-state index in [4.69, 9.17) is 5.73 Å². The normalized spacial score (nSPS) is 21.1. The molecular weight excluding hydrogens is 290 g/mol. The molecule has 2 aromatic heterocycles. The SMILES string of the molecule is Nc1ncnc2c1c(-c1ccccc1)cn2CC1CC(O)CN1. The van der Waals surface area contributed by atoms with E-state index in [1.807, 2.05) is 18.2 Å². The lowest BCUT2D eigenvalue weighted by Crippen LogP contribution is -2.26. The van der Waals surface area contributed by atoms with Crippen molar-refractivity contribution in [3.8, 4) is 11.1 Å². The summed E-state index contributed by atoms with van der Waals surface area (Å²) in [4.78, 5) is 8.58. The van der Waals surface area contributed by atoms with E-state index in [2.05, 4.69) is 38.2 Å². The number of nitrogens with two attached hydrogens (primary N) is 1. The first-order valence-electron chi connectivity index (χ1n) is 7.78. The third kappa shape index (κ3) is 2.56. The monoisotopic (exact) mass is 309 g/mol. The third-order valence-electron chi connectivity index (χ3n) is 4.38. The zero-order valence-electron chi connectivity index (χ0n) is 12.7. The standard InChI is InChI=1S/C17H19N5O/c18-16-15-14(11-4-2-1-3-5-11)9-22(17(15)21-10-20-16)8-12-6-13(23)7-19-12/h1-5,9-10,12-13,19,23H,6-8H2,(H2,18,20,21). The first-order valence-corrected chi connectivity index (χ1v) is 7.78. The van der Waals surface area contributed by atoms with Gasteiger partial charge in [-0.1, -0.05) is 30.3 Å². The van der Waals surface area contributed by atoms with Gasteiger partial charge in [0, 0.05) is 30.9 Å². The Kier molecular flexibility index (Phi) is 3.48. The molecule has 6 nitrogen and oxygen atoms in total. The second-order valence-corrected chi connectivity index (χ2v) is 6.01. The van der Waals surface area contributed by atoms with Crippen molar-refractivity contribution in [3.63, 3.8) is 0 Å². The van der Waals surface area contributed by atoms with Crippen LogP contribution in [0.15, 0.2) is 42.9 Å². The average Bonchev–Trinajstić information content (AvgIpc) is 3.14. The number of nitrogens with one attached hydrogen (secondary N) is 1. The molecule has 1 fully saturated rings. The largest absolute Gasteiger partial charge is 0.392 e. The van der Waals surface area contributed by atoms with Gasteiger partial charge < -0.3 is 20.7 Å². The van der Waals surface area contributed by atoms with E-state index in [0.29, 0.717) is 12.4 Å². The predicted octanol–water partition coefficient (Wildman–Crippen LogP) is 1.40. The minimum absolute atomic E-state index is 0.236. The van der Waals surface area contributed by atoms with E-state index >= 15 is 0 Å². The van der Waals surface area contributed by atoms with Crippen LogP contribution in [0.1, 0.15) is 6.42 Å². The van der Waals surface area contributed by atoms with Crippen molar-refractivity contribution in [1.82, 2.24) is 19.9 Å². The highest BCUT2D eigenvalue weighted by molar-refractivity contribution is 6.00. The maximum Gasteiger partial charge on any atom is 0.146 e. The zero-order valence-corrected chi connectivity index (χ0v) is 12.7. The number of aromatic nitrogens is 3. The summed E-state index contributed by atoms with van der Waals surface area (Å²) >= 11 is 0. The maximum atomic E-state index is 9.70. The van der Waals surface area contributed by atoms with Crippen molar-refractivity contribution in [2.45, 2.75) is 25.1 Å². The molecular formula is C17H19N5O. The van der Waals surface area contributed by atoms with E-state index in [0.717, 1.165) is 35.1 Å². The predicted molar refractivity (Wildman–Crippen MR) is 89.8 cm³/mol. The van der Waals surface area contributed by atoms with E-state index < -0.39 is 0 Å². The van der Waals surface area contributed by atoms with E-state index in [1.165, 1.54) is 6.33 Å². The van der Waals surface area contributed by atoms with Crippen LogP contribution in [-0.2, 0) is 6.54 Å². The lowest BCUT2D eigenvalue weighted by Gasteiger charge is -2.11. The number of β-amino-alcohol motifs (C(OH)–C–C–N with tert-alkyl or cyclic N) is 1. The van der Waals surface area contributed by atoms with Gasteiger partial charge in [-0.3, -0.25) is 0 Å². The molecule has 1 aliphatic heterocycles. The van der Waals surface area contributed by atoms with Gasteiger partial charge in [0.25, 0.3) is 0 Å². The Morgan fingerprint density at radius 3 is 2.83 bits per heavy atom. The zero-order chi connectivity index (χ0) is 15.8. The van der Waals surface area contributed by atoms with Crippen LogP contribution < -0.4 is 11.1 Å². The molecule has 3 heterocycles. The molecule has 1 aliphatic rings. The fourth-order valence-electron chi connectivity index (χ4n) is 3.30. The highest BCUT2D eigenvalue weighted by atomic mass is 16.3. The van der Waals surface area contributed by atoms with Gasteiger partial charge in [-0.05, 0) is 12.0 Å². The fourth-order valence-corrected chi connectivity index (χ4v) is 3.30. The number of benzene rings is 1. The van der Waals surface area contributed by atoms with Crippen molar-refractivity contribution in [2.24, 2.45) is 0 Å². The molecule has 2 atom stereocenters. The first-order chi connectivity index (χ1) is 11.2. The van der Waals surface area contributed by atoms with Gasteiger partial charge in [0.05, 0.1) is 11.5 Å². The van der Waals surface area contributed by atoms with Crippen LogP contribution in [0.4, 0.5) is 5.82 Å². The van der Waals surface area contributed by atoms with Gasteiger partial charge in [0.15, 0.2) is 0 Å². The molecule has 0 amide bonds. The van der Waals surface area contributed by atoms with Crippen LogP contribution >= 0.6 is 0 Å². The Labute approximate surface area is 134 Å². The highest BCUT2D eigenvalue weighted by Crippen LogP contribution is 2.32. The smallest absolute Gasteiger partial charge is 0.146 e. The highest BCUT2D eigenvalue weighted by Gasteiger charge is 2.24. The summed E-state index contributed by atoms with van der Waals surface area (Å²) in [6, 6.07) is 10.4. The Morgan fingerprint density at radius 2 is 2.09 bits per heavy atom. The van der Waals surface area contributed by atoms with Crippen LogP contribution in [0.5, 0.6) is 0 Å². The van der Waals surface area contributed by atoms with E-state index in [1.54, 1.807) is 0 Å². The molecule has 2 unspecified atom stereocenters. The summed E-state index contributed by atoms with van der Waals surface area (Å²) in [5, 5.41) is 13.9. The quantitative estimate of drug-likeness (QED) is 0.680. The number of hydrogen-bond donors (Lipinski definition) is 3. The molecule has 0 saturated carbocycles. The molecule has 1 saturated heterocycles. The van der Waals surface area contributed by atoms with Crippen LogP contribution in [0.25, 0.3) is 22.2 Å². The Balaban J connectivity index is 1.81. The molecule has 4 rings (SSSR count). The van der Waals surface area contributed by atoms with Gasteiger partial charge in [0.1, 0.15) is 17.8 Å². The minimum Gasteiger partial charge on any atom is -0.392 e. The summed E-state index contributed by atoms with van der Waals surface area (Å²) in [5.41, 5.74) is 9.08. The summed E-state index contributed by atoms with van der Waals surface area (Å²) in [6.45, 7) is 1.39. The number of aliphatic hydroxyl groups is 1. The molecule has 0 spiro atoms. The van der Waals surface area contributed by atoms with Gasteiger partial charge >= 0.3 is 0 Å². The molecule has 3 aromatic rings. The number of nitrogen functional groups attached to an aromatic ring is 1. The molecule has 4 N–H and O–H groups in total. The Morgan fingerprint density at radius 1 is 1.26 bits per heavy atom. The molecule has 0 aliphatic carbocycles. The first kappa shape index (κ1) is 14.2. The maximum absolute atomic E-state index is 9.70. The molecule has 0 radical (unpaired) electrons.